The predicted molar refractivity (Wildman–Crippen MR) is 63.8 cm³/mol. The first-order chi connectivity index (χ1) is 6.53. The van der Waals surface area contributed by atoms with Gasteiger partial charge in [-0.1, -0.05) is 6.92 Å². The van der Waals surface area contributed by atoms with Crippen LogP contribution in [0.25, 0.3) is 0 Å². The Morgan fingerprint density at radius 1 is 1.43 bits per heavy atom. The third kappa shape index (κ3) is 2.88. The van der Waals surface area contributed by atoms with Crippen LogP contribution in [-0.2, 0) is 0 Å². The molecule has 0 heterocycles. The summed E-state index contributed by atoms with van der Waals surface area (Å²) in [6.07, 6.45) is 4.75. The summed E-state index contributed by atoms with van der Waals surface area (Å²) in [7, 11) is 0. The lowest BCUT2D eigenvalue weighted by molar-refractivity contribution is 0.259. The molecular weight excluding hydrogens is 194 g/mol. The lowest BCUT2D eigenvalue weighted by Gasteiger charge is -2.28. The van der Waals surface area contributed by atoms with Crippen LogP contribution >= 0.6 is 11.8 Å². The predicted octanol–water partition coefficient (Wildman–Crippen LogP) is 1.88. The fourth-order valence-corrected chi connectivity index (χ4v) is 2.41. The highest BCUT2D eigenvalue weighted by molar-refractivity contribution is 7.99. The first-order valence-corrected chi connectivity index (χ1v) is 6.72. The van der Waals surface area contributed by atoms with Gasteiger partial charge in [0.05, 0.1) is 6.61 Å². The molecule has 0 aromatic rings. The third-order valence-corrected chi connectivity index (χ3v) is 4.80. The molecule has 1 aliphatic rings. The minimum atomic E-state index is 0.263. The van der Waals surface area contributed by atoms with E-state index in [0.29, 0.717) is 22.7 Å². The molecule has 3 unspecified atom stereocenters. The van der Waals surface area contributed by atoms with Crippen molar-refractivity contribution in [3.05, 3.63) is 0 Å². The molecule has 2 N–H and O–H groups in total. The molecule has 14 heavy (non-hydrogen) atoms. The van der Waals surface area contributed by atoms with Gasteiger partial charge in [-0.25, -0.2) is 0 Å². The Morgan fingerprint density at radius 3 is 2.36 bits per heavy atom. The van der Waals surface area contributed by atoms with Gasteiger partial charge in [0, 0.05) is 17.3 Å². The molecule has 2 nitrogen and oxygen atoms in total. The fraction of sp³-hybridized carbons (Fsp3) is 1.00. The zero-order valence-corrected chi connectivity index (χ0v) is 10.5. The summed E-state index contributed by atoms with van der Waals surface area (Å²) in [5.41, 5.74) is 0.521. The van der Waals surface area contributed by atoms with E-state index in [1.165, 1.54) is 12.8 Å². The first-order valence-electron chi connectivity index (χ1n) is 5.43. The van der Waals surface area contributed by atoms with E-state index in [4.69, 9.17) is 5.11 Å². The Labute approximate surface area is 91.9 Å². The fourth-order valence-electron chi connectivity index (χ4n) is 1.77. The molecule has 1 fully saturated rings. The summed E-state index contributed by atoms with van der Waals surface area (Å²) >= 11 is 1.74. The van der Waals surface area contributed by atoms with Gasteiger partial charge < -0.3 is 10.4 Å². The van der Waals surface area contributed by atoms with Gasteiger partial charge in [0.25, 0.3) is 0 Å². The van der Waals surface area contributed by atoms with E-state index in [2.05, 4.69) is 32.3 Å². The van der Waals surface area contributed by atoms with Gasteiger partial charge in [0.15, 0.2) is 0 Å². The number of nitrogens with one attached hydrogen (secondary N) is 1. The zero-order valence-electron chi connectivity index (χ0n) is 9.71. The summed E-state index contributed by atoms with van der Waals surface area (Å²) < 4.78 is 0. The maximum Gasteiger partial charge on any atom is 0.0564 e. The van der Waals surface area contributed by atoms with Gasteiger partial charge >= 0.3 is 0 Å². The summed E-state index contributed by atoms with van der Waals surface area (Å²) in [5.74, 6) is 0. The van der Waals surface area contributed by atoms with Gasteiger partial charge in [-0.15, -0.1) is 0 Å². The molecule has 1 aliphatic carbocycles. The Balaban J connectivity index is 2.35. The molecule has 3 heteroatoms. The Bertz CT molecular complexity index is 178. The van der Waals surface area contributed by atoms with E-state index in [-0.39, 0.29) is 6.61 Å². The van der Waals surface area contributed by atoms with Gasteiger partial charge in [0.2, 0.25) is 0 Å². The largest absolute Gasteiger partial charge is 0.395 e. The Kier molecular flexibility index (Phi) is 4.29. The molecule has 1 rings (SSSR count). The molecular formula is C11H23NOS. The summed E-state index contributed by atoms with van der Waals surface area (Å²) in [6, 6.07) is 0.959. The second-order valence-electron chi connectivity index (χ2n) is 4.79. The molecule has 0 amide bonds. The highest BCUT2D eigenvalue weighted by atomic mass is 32.2. The van der Waals surface area contributed by atoms with Gasteiger partial charge in [-0.2, -0.15) is 11.8 Å². The second-order valence-corrected chi connectivity index (χ2v) is 5.86. The van der Waals surface area contributed by atoms with Crippen molar-refractivity contribution in [3.8, 4) is 0 Å². The molecule has 0 spiro atoms. The summed E-state index contributed by atoms with van der Waals surface area (Å²) in [4.78, 5) is 0. The van der Waals surface area contributed by atoms with E-state index in [9.17, 15) is 0 Å². The van der Waals surface area contributed by atoms with Crippen molar-refractivity contribution in [1.29, 1.82) is 0 Å². The first kappa shape index (κ1) is 12.3. The van der Waals surface area contributed by atoms with Crippen LogP contribution in [0.15, 0.2) is 0 Å². The van der Waals surface area contributed by atoms with Crippen molar-refractivity contribution < 1.29 is 5.11 Å². The SMILES string of the molecule is CSC(CO)C(C)NC(C)C1(C)CC1. The minimum absolute atomic E-state index is 0.263. The number of thioether (sulfide) groups is 1. The van der Waals surface area contributed by atoms with Crippen molar-refractivity contribution in [1.82, 2.24) is 5.32 Å². The van der Waals surface area contributed by atoms with Crippen LogP contribution in [0.4, 0.5) is 0 Å². The van der Waals surface area contributed by atoms with Crippen LogP contribution in [0.5, 0.6) is 0 Å². The van der Waals surface area contributed by atoms with Crippen molar-refractivity contribution in [2.75, 3.05) is 12.9 Å². The van der Waals surface area contributed by atoms with Crippen LogP contribution in [0, 0.1) is 5.41 Å². The normalized spacial score (nSPS) is 25.5. The summed E-state index contributed by atoms with van der Waals surface area (Å²) in [5, 5.41) is 13.1. The average Bonchev–Trinajstić information content (AvgIpc) is 2.87. The van der Waals surface area contributed by atoms with Gasteiger partial charge in [-0.3, -0.25) is 0 Å². The van der Waals surface area contributed by atoms with E-state index in [1.54, 1.807) is 11.8 Å². The molecule has 0 bridgehead atoms. The third-order valence-electron chi connectivity index (χ3n) is 3.64. The van der Waals surface area contributed by atoms with E-state index < -0.39 is 0 Å². The maximum absolute atomic E-state index is 9.17. The molecule has 0 aromatic carbocycles. The highest BCUT2D eigenvalue weighted by Crippen LogP contribution is 2.48. The molecule has 84 valence electrons. The maximum atomic E-state index is 9.17. The van der Waals surface area contributed by atoms with Crippen LogP contribution in [0.3, 0.4) is 0 Å². The highest BCUT2D eigenvalue weighted by Gasteiger charge is 2.42. The van der Waals surface area contributed by atoms with E-state index in [0.717, 1.165) is 0 Å². The zero-order chi connectivity index (χ0) is 10.8. The monoisotopic (exact) mass is 217 g/mol. The van der Waals surface area contributed by atoms with Crippen molar-refractivity contribution in [2.24, 2.45) is 5.41 Å². The molecule has 0 aromatic heterocycles. The van der Waals surface area contributed by atoms with Crippen molar-refractivity contribution in [3.63, 3.8) is 0 Å². The number of hydrogen-bond donors (Lipinski definition) is 2. The van der Waals surface area contributed by atoms with Crippen LogP contribution in [-0.4, -0.2) is 35.3 Å². The molecule has 3 atom stereocenters. The minimum Gasteiger partial charge on any atom is -0.395 e. The van der Waals surface area contributed by atoms with E-state index in [1.807, 2.05) is 0 Å². The lowest BCUT2D eigenvalue weighted by Crippen LogP contribution is -2.45. The van der Waals surface area contributed by atoms with E-state index >= 15 is 0 Å². The molecule has 1 saturated carbocycles. The standard InChI is InChI=1S/C11H23NOS/c1-8(10(7-13)14-4)12-9(2)11(3)5-6-11/h8-10,12-13H,5-7H2,1-4H3. The average molecular weight is 217 g/mol. The Morgan fingerprint density at radius 2 is 2.00 bits per heavy atom. The lowest BCUT2D eigenvalue weighted by atomic mass is 9.99. The van der Waals surface area contributed by atoms with Gasteiger partial charge in [0.1, 0.15) is 0 Å². The number of hydrogen-bond acceptors (Lipinski definition) is 3. The smallest absolute Gasteiger partial charge is 0.0564 e. The van der Waals surface area contributed by atoms with Gasteiger partial charge in [-0.05, 0) is 38.4 Å². The summed E-state index contributed by atoms with van der Waals surface area (Å²) in [6.45, 7) is 7.03. The van der Waals surface area contributed by atoms with Crippen LogP contribution < -0.4 is 5.32 Å². The number of aliphatic hydroxyl groups is 1. The second kappa shape index (κ2) is 4.86. The van der Waals surface area contributed by atoms with Crippen molar-refractivity contribution in [2.45, 2.75) is 50.9 Å². The molecule has 0 aliphatic heterocycles. The quantitative estimate of drug-likeness (QED) is 0.712. The van der Waals surface area contributed by atoms with Crippen molar-refractivity contribution >= 4 is 11.8 Å². The topological polar surface area (TPSA) is 32.3 Å². The Hall–Kier alpha value is 0.270. The molecule has 0 radical (unpaired) electrons. The number of rotatable bonds is 6. The van der Waals surface area contributed by atoms with Crippen LogP contribution in [0.2, 0.25) is 0 Å². The molecule has 0 saturated heterocycles. The number of aliphatic hydroxyl groups excluding tert-OH is 1. The van der Waals surface area contributed by atoms with Crippen LogP contribution in [0.1, 0.15) is 33.6 Å².